The summed E-state index contributed by atoms with van der Waals surface area (Å²) in [5.74, 6) is 1.07. The van der Waals surface area contributed by atoms with Gasteiger partial charge in [0, 0.05) is 11.0 Å². The molecule has 0 aliphatic carbocycles. The number of hydrogen-bond acceptors (Lipinski definition) is 6. The fraction of sp³-hybridized carbons (Fsp3) is 0.227. The van der Waals surface area contributed by atoms with Crippen molar-refractivity contribution >= 4 is 23.6 Å². The number of ether oxygens (including phenoxy) is 1. The van der Waals surface area contributed by atoms with Crippen LogP contribution in [0.15, 0.2) is 64.0 Å². The van der Waals surface area contributed by atoms with E-state index in [1.54, 1.807) is 12.1 Å². The van der Waals surface area contributed by atoms with Gasteiger partial charge in [0.2, 0.25) is 0 Å². The summed E-state index contributed by atoms with van der Waals surface area (Å²) in [7, 11) is 0. The molecule has 30 heavy (non-hydrogen) atoms. The number of aryl methyl sites for hydroxylation is 2. The summed E-state index contributed by atoms with van der Waals surface area (Å²) in [5.41, 5.74) is 7.11. The van der Waals surface area contributed by atoms with Gasteiger partial charge >= 0.3 is 0 Å². The minimum absolute atomic E-state index is 0.196. The molecule has 8 heteroatoms. The molecule has 1 aromatic heterocycles. The molecule has 0 aliphatic rings. The van der Waals surface area contributed by atoms with Crippen molar-refractivity contribution in [3.05, 3.63) is 77.2 Å². The number of hydrogen-bond donors (Lipinski definition) is 2. The Morgan fingerprint density at radius 3 is 2.63 bits per heavy atom. The Hall–Kier alpha value is -3.26. The number of carbonyl (C=O) groups excluding carboxylic acids is 2. The third kappa shape index (κ3) is 5.87. The molecule has 0 bridgehead atoms. The third-order valence-electron chi connectivity index (χ3n) is 4.21. The zero-order chi connectivity index (χ0) is 21.3. The number of aromatic nitrogens is 1. The Morgan fingerprint density at radius 2 is 1.87 bits per heavy atom. The Morgan fingerprint density at radius 1 is 1.10 bits per heavy atom. The zero-order valence-electron chi connectivity index (χ0n) is 16.8. The van der Waals surface area contributed by atoms with Gasteiger partial charge in [-0.05, 0) is 37.1 Å². The average molecular weight is 426 g/mol. The van der Waals surface area contributed by atoms with Crippen LogP contribution < -0.4 is 15.6 Å². The monoisotopic (exact) mass is 425 g/mol. The molecule has 0 unspecified atom stereocenters. The molecule has 0 atom stereocenters. The normalized spacial score (nSPS) is 10.5. The van der Waals surface area contributed by atoms with E-state index in [4.69, 9.17) is 9.26 Å². The van der Waals surface area contributed by atoms with Gasteiger partial charge in [0.1, 0.15) is 11.5 Å². The molecule has 0 spiro atoms. The number of nitrogens with one attached hydrogen (secondary N) is 2. The number of rotatable bonds is 8. The van der Waals surface area contributed by atoms with Gasteiger partial charge in [0.05, 0.1) is 17.0 Å². The van der Waals surface area contributed by atoms with Gasteiger partial charge in [-0.1, -0.05) is 42.4 Å². The van der Waals surface area contributed by atoms with Gasteiger partial charge in [0.25, 0.3) is 11.8 Å². The smallest absolute Gasteiger partial charge is 0.276 e. The SMILES string of the molecule is CCc1ccccc1OCC(=O)NNC(=O)c1ccccc1SCc1cc(C)no1. The molecule has 3 rings (SSSR count). The van der Waals surface area contributed by atoms with Crippen molar-refractivity contribution < 1.29 is 18.8 Å². The number of amides is 2. The van der Waals surface area contributed by atoms with Crippen LogP contribution in [0.25, 0.3) is 0 Å². The highest BCUT2D eigenvalue weighted by Gasteiger charge is 2.14. The van der Waals surface area contributed by atoms with Crippen LogP contribution in [0.1, 0.15) is 34.3 Å². The minimum Gasteiger partial charge on any atom is -0.483 e. The Labute approximate surface area is 179 Å². The Kier molecular flexibility index (Phi) is 7.51. The Balaban J connectivity index is 1.52. The average Bonchev–Trinajstić information content (AvgIpc) is 3.20. The molecule has 0 radical (unpaired) electrons. The predicted octanol–water partition coefficient (Wildman–Crippen LogP) is 3.68. The summed E-state index contributed by atoms with van der Waals surface area (Å²) in [6.07, 6.45) is 0.802. The second-order valence-corrected chi connectivity index (χ2v) is 7.49. The van der Waals surface area contributed by atoms with E-state index in [1.807, 2.05) is 56.3 Å². The molecule has 0 fully saturated rings. The van der Waals surface area contributed by atoms with Crippen LogP contribution in [0.3, 0.4) is 0 Å². The summed E-state index contributed by atoms with van der Waals surface area (Å²) >= 11 is 1.46. The third-order valence-corrected chi connectivity index (χ3v) is 5.30. The lowest BCUT2D eigenvalue weighted by Gasteiger charge is -2.12. The molecule has 1 heterocycles. The van der Waals surface area contributed by atoms with Crippen molar-refractivity contribution in [2.45, 2.75) is 30.9 Å². The van der Waals surface area contributed by atoms with E-state index in [0.717, 1.165) is 28.3 Å². The van der Waals surface area contributed by atoms with Crippen LogP contribution in [0, 0.1) is 6.92 Å². The molecule has 2 N–H and O–H groups in total. The van der Waals surface area contributed by atoms with Gasteiger partial charge in [0.15, 0.2) is 6.61 Å². The van der Waals surface area contributed by atoms with Crippen molar-refractivity contribution in [1.82, 2.24) is 16.0 Å². The Bertz CT molecular complexity index is 1020. The van der Waals surface area contributed by atoms with Gasteiger partial charge in [-0.2, -0.15) is 0 Å². The maximum absolute atomic E-state index is 12.5. The van der Waals surface area contributed by atoms with Crippen LogP contribution in [0.2, 0.25) is 0 Å². The number of thioether (sulfide) groups is 1. The minimum atomic E-state index is -0.448. The quantitative estimate of drug-likeness (QED) is 0.422. The first-order valence-electron chi connectivity index (χ1n) is 9.50. The number of nitrogens with zero attached hydrogens (tertiary/aromatic N) is 1. The van der Waals surface area contributed by atoms with E-state index in [2.05, 4.69) is 16.0 Å². The lowest BCUT2D eigenvalue weighted by molar-refractivity contribution is -0.123. The molecule has 2 amide bonds. The van der Waals surface area contributed by atoms with E-state index in [1.165, 1.54) is 11.8 Å². The molecular weight excluding hydrogens is 402 g/mol. The van der Waals surface area contributed by atoms with Crippen LogP contribution in [-0.4, -0.2) is 23.6 Å². The lowest BCUT2D eigenvalue weighted by atomic mass is 10.1. The van der Waals surface area contributed by atoms with Crippen molar-refractivity contribution in [1.29, 1.82) is 0 Å². The fourth-order valence-corrected chi connectivity index (χ4v) is 3.65. The van der Waals surface area contributed by atoms with Crippen molar-refractivity contribution in [2.75, 3.05) is 6.61 Å². The first-order chi connectivity index (χ1) is 14.6. The van der Waals surface area contributed by atoms with Gasteiger partial charge in [-0.3, -0.25) is 20.4 Å². The molecular formula is C22H23N3O4S. The summed E-state index contributed by atoms with van der Waals surface area (Å²) in [5, 5.41) is 3.86. The van der Waals surface area contributed by atoms with Crippen LogP contribution in [-0.2, 0) is 17.0 Å². The van der Waals surface area contributed by atoms with Crippen LogP contribution in [0.4, 0.5) is 0 Å². The lowest BCUT2D eigenvalue weighted by Crippen LogP contribution is -2.44. The molecule has 156 valence electrons. The number of hydrazine groups is 1. The molecule has 0 saturated carbocycles. The molecule has 2 aromatic carbocycles. The highest BCUT2D eigenvalue weighted by atomic mass is 32.2. The van der Waals surface area contributed by atoms with Gasteiger partial charge < -0.3 is 9.26 Å². The molecule has 3 aromatic rings. The summed E-state index contributed by atoms with van der Waals surface area (Å²) < 4.78 is 10.8. The van der Waals surface area contributed by atoms with E-state index >= 15 is 0 Å². The summed E-state index contributed by atoms with van der Waals surface area (Å²) in [6.45, 7) is 3.67. The number of para-hydroxylation sites is 1. The van der Waals surface area contributed by atoms with Gasteiger partial charge in [-0.25, -0.2) is 0 Å². The van der Waals surface area contributed by atoms with Gasteiger partial charge in [-0.15, -0.1) is 11.8 Å². The van der Waals surface area contributed by atoms with E-state index in [9.17, 15) is 9.59 Å². The molecule has 0 saturated heterocycles. The number of benzene rings is 2. The largest absolute Gasteiger partial charge is 0.483 e. The highest BCUT2D eigenvalue weighted by Crippen LogP contribution is 2.26. The summed E-state index contributed by atoms with van der Waals surface area (Å²) in [4.78, 5) is 25.4. The van der Waals surface area contributed by atoms with Crippen molar-refractivity contribution in [3.63, 3.8) is 0 Å². The maximum Gasteiger partial charge on any atom is 0.276 e. The fourth-order valence-electron chi connectivity index (χ4n) is 2.72. The van der Waals surface area contributed by atoms with E-state index < -0.39 is 11.8 Å². The van der Waals surface area contributed by atoms with Crippen molar-refractivity contribution in [3.8, 4) is 5.75 Å². The van der Waals surface area contributed by atoms with Crippen LogP contribution >= 0.6 is 11.8 Å². The highest BCUT2D eigenvalue weighted by molar-refractivity contribution is 7.98. The first-order valence-corrected chi connectivity index (χ1v) is 10.5. The van der Waals surface area contributed by atoms with Crippen LogP contribution in [0.5, 0.6) is 5.75 Å². The maximum atomic E-state index is 12.5. The second kappa shape index (κ2) is 10.5. The van der Waals surface area contributed by atoms with E-state index in [-0.39, 0.29) is 6.61 Å². The first kappa shape index (κ1) is 21.4. The predicted molar refractivity (Wildman–Crippen MR) is 114 cm³/mol. The van der Waals surface area contributed by atoms with Crippen molar-refractivity contribution in [2.24, 2.45) is 0 Å². The summed E-state index contributed by atoms with van der Waals surface area (Å²) in [6, 6.07) is 16.5. The van der Waals surface area contributed by atoms with E-state index in [0.29, 0.717) is 17.1 Å². The topological polar surface area (TPSA) is 93.5 Å². The molecule has 0 aliphatic heterocycles. The molecule has 7 nitrogen and oxygen atoms in total. The number of carbonyl (C=O) groups is 2. The second-order valence-electron chi connectivity index (χ2n) is 6.47. The standard InChI is InChI=1S/C22H23N3O4S/c1-3-16-8-4-6-10-19(16)28-13-21(26)23-24-22(27)18-9-5-7-11-20(18)30-14-17-12-15(2)25-29-17/h4-12H,3,13-14H2,1-2H3,(H,23,26)(H,24,27). The zero-order valence-corrected chi connectivity index (χ0v) is 17.6.